The molecule has 0 saturated carbocycles. The number of piperidine rings is 1. The number of carbonyl (C=O) groups is 2. The summed E-state index contributed by atoms with van der Waals surface area (Å²) < 4.78 is 38.7. The lowest BCUT2D eigenvalue weighted by Gasteiger charge is -2.19. The van der Waals surface area contributed by atoms with Crippen molar-refractivity contribution in [2.45, 2.75) is 31.5 Å². The third-order valence-electron chi connectivity index (χ3n) is 4.75. The molecular weight excluding hydrogens is 445 g/mol. The molecule has 1 amide bonds. The summed E-state index contributed by atoms with van der Waals surface area (Å²) in [7, 11) is 0. The minimum absolute atomic E-state index is 0.233. The number of hydrogen-bond acceptors (Lipinski definition) is 7. The molecule has 1 fully saturated rings. The summed E-state index contributed by atoms with van der Waals surface area (Å²) in [6.45, 7) is 2.28. The van der Waals surface area contributed by atoms with Crippen molar-refractivity contribution in [1.82, 2.24) is 30.6 Å². The molecule has 0 aliphatic carbocycles. The van der Waals surface area contributed by atoms with Crippen LogP contribution in [-0.4, -0.2) is 56.2 Å². The van der Waals surface area contributed by atoms with Crippen LogP contribution in [0.2, 0.25) is 0 Å². The fourth-order valence-electron chi connectivity index (χ4n) is 3.14. The molecule has 33 heavy (non-hydrogen) atoms. The first-order chi connectivity index (χ1) is 15.8. The summed E-state index contributed by atoms with van der Waals surface area (Å²) in [5.41, 5.74) is 1.42. The molecule has 4 rings (SSSR count). The number of hydrogen-bond donors (Lipinski definition) is 3. The summed E-state index contributed by atoms with van der Waals surface area (Å²) in [5.74, 6) is -1.43. The van der Waals surface area contributed by atoms with Gasteiger partial charge in [0.1, 0.15) is 0 Å². The first-order valence-electron chi connectivity index (χ1n) is 9.95. The Morgan fingerprint density at radius 3 is 2.61 bits per heavy atom. The molecule has 1 aliphatic heterocycles. The van der Waals surface area contributed by atoms with Crippen LogP contribution in [0.1, 0.15) is 40.6 Å². The van der Waals surface area contributed by atoms with Crippen molar-refractivity contribution >= 4 is 11.9 Å². The minimum Gasteiger partial charge on any atom is -0.475 e. The number of halogens is 3. The van der Waals surface area contributed by atoms with Gasteiger partial charge in [-0.2, -0.15) is 18.3 Å². The molecule has 3 N–H and O–H groups in total. The van der Waals surface area contributed by atoms with Crippen molar-refractivity contribution in [1.29, 1.82) is 0 Å². The van der Waals surface area contributed by atoms with Crippen LogP contribution in [0, 0.1) is 0 Å². The van der Waals surface area contributed by atoms with Gasteiger partial charge < -0.3 is 20.3 Å². The maximum atomic E-state index is 12.6. The predicted octanol–water partition coefficient (Wildman–Crippen LogP) is 2.29. The van der Waals surface area contributed by atoms with Crippen molar-refractivity contribution in [3.8, 4) is 5.82 Å². The molecule has 0 spiro atoms. The molecule has 10 nitrogen and oxygen atoms in total. The Kier molecular flexibility index (Phi) is 7.77. The van der Waals surface area contributed by atoms with Crippen LogP contribution in [0.3, 0.4) is 0 Å². The maximum Gasteiger partial charge on any atom is 0.490 e. The molecule has 13 heteroatoms. The zero-order valence-corrected chi connectivity index (χ0v) is 17.2. The van der Waals surface area contributed by atoms with Gasteiger partial charge in [0.2, 0.25) is 0 Å². The average molecular weight is 466 g/mol. The van der Waals surface area contributed by atoms with E-state index in [4.69, 9.17) is 14.4 Å². The van der Waals surface area contributed by atoms with Gasteiger partial charge in [-0.3, -0.25) is 4.79 Å². The van der Waals surface area contributed by atoms with E-state index in [9.17, 15) is 18.0 Å². The molecular formula is C20H21F3N6O4. The Morgan fingerprint density at radius 1 is 1.24 bits per heavy atom. The number of aliphatic carboxylic acids is 1. The van der Waals surface area contributed by atoms with Gasteiger partial charge in [0, 0.05) is 30.6 Å². The monoisotopic (exact) mass is 466 g/mol. The van der Waals surface area contributed by atoms with Gasteiger partial charge in [-0.1, -0.05) is 5.16 Å². The van der Waals surface area contributed by atoms with E-state index < -0.39 is 12.1 Å². The normalized spacial score (nSPS) is 14.3. The van der Waals surface area contributed by atoms with Gasteiger partial charge >= 0.3 is 12.1 Å². The second-order valence-electron chi connectivity index (χ2n) is 7.05. The number of alkyl halides is 3. The third kappa shape index (κ3) is 6.62. The number of carboxylic acid groups (broad SMARTS) is 1. The summed E-state index contributed by atoms with van der Waals surface area (Å²) in [4.78, 5) is 25.7. The molecule has 4 heterocycles. The zero-order chi connectivity index (χ0) is 23.8. The maximum absolute atomic E-state index is 12.6. The Hall–Kier alpha value is -3.74. The summed E-state index contributed by atoms with van der Waals surface area (Å²) in [6.07, 6.45) is 2.06. The molecule has 3 aromatic heterocycles. The van der Waals surface area contributed by atoms with Crippen molar-refractivity contribution in [3.05, 3.63) is 59.9 Å². The van der Waals surface area contributed by atoms with E-state index in [2.05, 4.69) is 25.9 Å². The van der Waals surface area contributed by atoms with Crippen LogP contribution in [-0.2, 0) is 11.3 Å². The molecule has 0 bridgehead atoms. The van der Waals surface area contributed by atoms with Gasteiger partial charge in [0.25, 0.3) is 5.91 Å². The highest BCUT2D eigenvalue weighted by atomic mass is 19.4. The van der Waals surface area contributed by atoms with Crippen molar-refractivity contribution in [3.63, 3.8) is 0 Å². The molecule has 0 radical (unpaired) electrons. The molecule has 1 saturated heterocycles. The van der Waals surface area contributed by atoms with Gasteiger partial charge in [0.15, 0.2) is 11.6 Å². The molecule has 0 aromatic carbocycles. The Bertz CT molecular complexity index is 1060. The van der Waals surface area contributed by atoms with E-state index in [0.29, 0.717) is 23.1 Å². The van der Waals surface area contributed by atoms with Crippen LogP contribution >= 0.6 is 0 Å². The zero-order valence-electron chi connectivity index (χ0n) is 17.2. The SMILES string of the molecule is O=C(NCc1cc(C2CCNCC2)no1)c1cccnc1-n1cccn1.O=C(O)C(F)(F)F. The number of pyridine rings is 1. The number of nitrogens with zero attached hydrogens (tertiary/aromatic N) is 4. The van der Waals surface area contributed by atoms with E-state index in [1.165, 1.54) is 0 Å². The average Bonchev–Trinajstić information content (AvgIpc) is 3.50. The number of rotatable bonds is 5. The van der Waals surface area contributed by atoms with Gasteiger partial charge in [-0.05, 0) is 44.1 Å². The van der Waals surface area contributed by atoms with E-state index in [0.717, 1.165) is 31.6 Å². The number of carbonyl (C=O) groups excluding carboxylic acids is 1. The fraction of sp³-hybridized carbons (Fsp3) is 0.350. The van der Waals surface area contributed by atoms with Crippen molar-refractivity contribution in [2.24, 2.45) is 0 Å². The number of nitrogens with one attached hydrogen (secondary N) is 2. The molecule has 0 unspecified atom stereocenters. The number of aromatic nitrogens is 4. The second kappa shape index (κ2) is 10.7. The van der Waals surface area contributed by atoms with E-state index in [1.54, 1.807) is 41.5 Å². The third-order valence-corrected chi connectivity index (χ3v) is 4.75. The van der Waals surface area contributed by atoms with E-state index >= 15 is 0 Å². The minimum atomic E-state index is -5.08. The summed E-state index contributed by atoms with van der Waals surface area (Å²) in [6, 6.07) is 7.17. The highest BCUT2D eigenvalue weighted by molar-refractivity contribution is 5.96. The number of carboxylic acids is 1. The van der Waals surface area contributed by atoms with Crippen molar-refractivity contribution < 1.29 is 32.4 Å². The van der Waals surface area contributed by atoms with E-state index in [-0.39, 0.29) is 12.5 Å². The Labute approximate surface area is 185 Å². The molecule has 1 aliphatic rings. The molecule has 176 valence electrons. The first kappa shape index (κ1) is 23.9. The molecule has 3 aromatic rings. The standard InChI is InChI=1S/C18H20N6O2.C2HF3O2/c25-18(15-3-1-6-20-17(15)24-10-2-7-22-24)21-12-14-11-16(23-26-14)13-4-8-19-9-5-13;3-2(4,5)1(6)7/h1-3,6-7,10-11,13,19H,4-5,8-9,12H2,(H,21,25);(H,6,7). The van der Waals surface area contributed by atoms with E-state index in [1.807, 2.05) is 6.07 Å². The van der Waals surface area contributed by atoms with Crippen LogP contribution < -0.4 is 10.6 Å². The van der Waals surface area contributed by atoms with Crippen LogP contribution in [0.25, 0.3) is 5.82 Å². The molecule has 0 atom stereocenters. The van der Waals surface area contributed by atoms with Crippen molar-refractivity contribution in [2.75, 3.05) is 13.1 Å². The smallest absolute Gasteiger partial charge is 0.475 e. The van der Waals surface area contributed by atoms with Crippen LogP contribution in [0.5, 0.6) is 0 Å². The Morgan fingerprint density at radius 2 is 1.97 bits per heavy atom. The lowest BCUT2D eigenvalue weighted by atomic mass is 9.95. The van der Waals surface area contributed by atoms with Gasteiger partial charge in [-0.15, -0.1) is 0 Å². The topological polar surface area (TPSA) is 135 Å². The van der Waals surface area contributed by atoms with Gasteiger partial charge in [-0.25, -0.2) is 14.5 Å². The highest BCUT2D eigenvalue weighted by Gasteiger charge is 2.38. The summed E-state index contributed by atoms with van der Waals surface area (Å²) >= 11 is 0. The fourth-order valence-corrected chi connectivity index (χ4v) is 3.14. The quantitative estimate of drug-likeness (QED) is 0.521. The summed E-state index contributed by atoms with van der Waals surface area (Å²) in [5, 5.41) is 21.6. The predicted molar refractivity (Wildman–Crippen MR) is 108 cm³/mol. The highest BCUT2D eigenvalue weighted by Crippen LogP contribution is 2.24. The first-order valence-corrected chi connectivity index (χ1v) is 9.95. The number of amides is 1. The second-order valence-corrected chi connectivity index (χ2v) is 7.05. The van der Waals surface area contributed by atoms with Crippen LogP contribution in [0.15, 0.2) is 47.4 Å². The Balaban J connectivity index is 0.000000383. The lowest BCUT2D eigenvalue weighted by Crippen LogP contribution is -2.26. The lowest BCUT2D eigenvalue weighted by molar-refractivity contribution is -0.192. The van der Waals surface area contributed by atoms with Gasteiger partial charge in [0.05, 0.1) is 17.8 Å². The van der Waals surface area contributed by atoms with Crippen LogP contribution in [0.4, 0.5) is 13.2 Å². The largest absolute Gasteiger partial charge is 0.490 e.